The van der Waals surface area contributed by atoms with Crippen LogP contribution in [0.25, 0.3) is 0 Å². The highest BCUT2D eigenvalue weighted by Gasteiger charge is 2.12. The number of rotatable bonds is 5. The summed E-state index contributed by atoms with van der Waals surface area (Å²) < 4.78 is 24.4. The molecule has 0 spiro atoms. The van der Waals surface area contributed by atoms with Gasteiger partial charge in [-0.3, -0.25) is 0 Å². The van der Waals surface area contributed by atoms with E-state index >= 15 is 0 Å². The van der Waals surface area contributed by atoms with Crippen molar-refractivity contribution in [2.45, 2.75) is 12.5 Å². The van der Waals surface area contributed by atoms with Crippen molar-refractivity contribution in [3.05, 3.63) is 57.8 Å². The third kappa shape index (κ3) is 3.74. The van der Waals surface area contributed by atoms with Gasteiger partial charge >= 0.3 is 0 Å². The molecule has 2 aromatic rings. The number of hydrogen-bond donors (Lipinski definition) is 1. The number of aliphatic hydroxyl groups is 1. The van der Waals surface area contributed by atoms with Gasteiger partial charge in [0.05, 0.1) is 24.8 Å². The summed E-state index contributed by atoms with van der Waals surface area (Å²) in [5.41, 5.74) is 1.44. The summed E-state index contributed by atoms with van der Waals surface area (Å²) in [6.45, 7) is 0. The molecule has 1 N–H and O–H groups in total. The predicted molar refractivity (Wildman–Crippen MR) is 82.3 cm³/mol. The summed E-state index contributed by atoms with van der Waals surface area (Å²) in [6, 6.07) is 10.0. The molecule has 2 aromatic carbocycles. The number of benzene rings is 2. The maximum atomic E-state index is 13.6. The SMILES string of the molecule is COc1ccc(CC(O)c2ccc(OC)c(Br)c2)cc1F. The fourth-order valence-corrected chi connectivity index (χ4v) is 2.63. The van der Waals surface area contributed by atoms with Crippen LogP contribution in [0.1, 0.15) is 17.2 Å². The zero-order chi connectivity index (χ0) is 15.4. The van der Waals surface area contributed by atoms with E-state index in [0.717, 1.165) is 10.0 Å². The fourth-order valence-electron chi connectivity index (χ4n) is 2.07. The van der Waals surface area contributed by atoms with Gasteiger partial charge in [-0.25, -0.2) is 4.39 Å². The highest BCUT2D eigenvalue weighted by molar-refractivity contribution is 9.10. The molecule has 5 heteroatoms. The van der Waals surface area contributed by atoms with E-state index in [-0.39, 0.29) is 5.75 Å². The van der Waals surface area contributed by atoms with Gasteiger partial charge in [0.1, 0.15) is 5.75 Å². The molecule has 2 rings (SSSR count). The summed E-state index contributed by atoms with van der Waals surface area (Å²) in [5, 5.41) is 10.3. The van der Waals surface area contributed by atoms with Crippen molar-refractivity contribution in [2.75, 3.05) is 14.2 Å². The molecule has 0 saturated carbocycles. The Labute approximate surface area is 131 Å². The van der Waals surface area contributed by atoms with Crippen molar-refractivity contribution >= 4 is 15.9 Å². The van der Waals surface area contributed by atoms with Crippen molar-refractivity contribution in [3.8, 4) is 11.5 Å². The average Bonchev–Trinajstić information content (AvgIpc) is 2.47. The van der Waals surface area contributed by atoms with Crippen LogP contribution in [-0.4, -0.2) is 19.3 Å². The quantitative estimate of drug-likeness (QED) is 0.885. The van der Waals surface area contributed by atoms with Crippen LogP contribution in [0.2, 0.25) is 0 Å². The largest absolute Gasteiger partial charge is 0.496 e. The molecule has 0 fully saturated rings. The monoisotopic (exact) mass is 354 g/mol. The van der Waals surface area contributed by atoms with Crippen LogP contribution < -0.4 is 9.47 Å². The van der Waals surface area contributed by atoms with E-state index in [1.165, 1.54) is 13.2 Å². The minimum atomic E-state index is -0.722. The molecule has 0 amide bonds. The molecular weight excluding hydrogens is 339 g/mol. The van der Waals surface area contributed by atoms with E-state index in [0.29, 0.717) is 17.7 Å². The Morgan fingerprint density at radius 1 is 1.10 bits per heavy atom. The molecule has 1 unspecified atom stereocenters. The summed E-state index contributed by atoms with van der Waals surface area (Å²) in [7, 11) is 3.00. The number of hydrogen-bond acceptors (Lipinski definition) is 3. The van der Waals surface area contributed by atoms with Gasteiger partial charge in [-0.2, -0.15) is 0 Å². The van der Waals surface area contributed by atoms with Crippen molar-refractivity contribution in [3.63, 3.8) is 0 Å². The second-order valence-corrected chi connectivity index (χ2v) is 5.44. The van der Waals surface area contributed by atoms with Gasteiger partial charge in [-0.05, 0) is 51.3 Å². The van der Waals surface area contributed by atoms with E-state index in [9.17, 15) is 9.50 Å². The fraction of sp³-hybridized carbons (Fsp3) is 0.250. The number of halogens is 2. The molecule has 0 aliphatic carbocycles. The number of aliphatic hydroxyl groups excluding tert-OH is 1. The smallest absolute Gasteiger partial charge is 0.165 e. The van der Waals surface area contributed by atoms with Crippen LogP contribution in [0.15, 0.2) is 40.9 Å². The van der Waals surface area contributed by atoms with Crippen LogP contribution in [-0.2, 0) is 6.42 Å². The lowest BCUT2D eigenvalue weighted by molar-refractivity contribution is 0.178. The Morgan fingerprint density at radius 2 is 1.76 bits per heavy atom. The maximum absolute atomic E-state index is 13.6. The first-order chi connectivity index (χ1) is 10.0. The van der Waals surface area contributed by atoms with Gasteiger partial charge in [0.15, 0.2) is 11.6 Å². The molecule has 112 valence electrons. The predicted octanol–water partition coefficient (Wildman–Crippen LogP) is 3.88. The third-order valence-corrected chi connectivity index (χ3v) is 3.83. The molecule has 1 atom stereocenters. The lowest BCUT2D eigenvalue weighted by atomic mass is 10.0. The summed E-state index contributed by atoms with van der Waals surface area (Å²) in [5.74, 6) is 0.458. The van der Waals surface area contributed by atoms with Gasteiger partial charge < -0.3 is 14.6 Å². The molecule has 0 aliphatic rings. The Hall–Kier alpha value is -1.59. The second-order valence-electron chi connectivity index (χ2n) is 4.58. The van der Waals surface area contributed by atoms with Crippen molar-refractivity contribution in [1.29, 1.82) is 0 Å². The third-order valence-electron chi connectivity index (χ3n) is 3.21. The van der Waals surface area contributed by atoms with E-state index in [4.69, 9.17) is 9.47 Å². The molecule has 0 aliphatic heterocycles. The number of ether oxygens (including phenoxy) is 2. The Morgan fingerprint density at radius 3 is 2.33 bits per heavy atom. The zero-order valence-corrected chi connectivity index (χ0v) is 13.4. The van der Waals surface area contributed by atoms with E-state index in [2.05, 4.69) is 15.9 Å². The first-order valence-electron chi connectivity index (χ1n) is 6.39. The van der Waals surface area contributed by atoms with Gasteiger partial charge in [0.25, 0.3) is 0 Å². The van der Waals surface area contributed by atoms with Crippen LogP contribution >= 0.6 is 15.9 Å². The van der Waals surface area contributed by atoms with Gasteiger partial charge in [0, 0.05) is 6.42 Å². The first kappa shape index (κ1) is 15.8. The minimum absolute atomic E-state index is 0.195. The zero-order valence-electron chi connectivity index (χ0n) is 11.8. The second kappa shape index (κ2) is 6.91. The van der Waals surface area contributed by atoms with E-state index in [1.807, 2.05) is 0 Å². The highest BCUT2D eigenvalue weighted by atomic mass is 79.9. The number of methoxy groups -OCH3 is 2. The van der Waals surface area contributed by atoms with E-state index in [1.54, 1.807) is 37.4 Å². The highest BCUT2D eigenvalue weighted by Crippen LogP contribution is 2.29. The average molecular weight is 355 g/mol. The lowest BCUT2D eigenvalue weighted by Crippen LogP contribution is -2.03. The normalized spacial score (nSPS) is 12.0. The minimum Gasteiger partial charge on any atom is -0.496 e. The van der Waals surface area contributed by atoms with Crippen LogP contribution in [0.4, 0.5) is 4.39 Å². The summed E-state index contributed by atoms with van der Waals surface area (Å²) >= 11 is 3.38. The molecule has 21 heavy (non-hydrogen) atoms. The Balaban J connectivity index is 2.15. The van der Waals surface area contributed by atoms with Crippen LogP contribution in [0.3, 0.4) is 0 Å². The van der Waals surface area contributed by atoms with E-state index < -0.39 is 11.9 Å². The van der Waals surface area contributed by atoms with Crippen LogP contribution in [0.5, 0.6) is 11.5 Å². The Bertz CT molecular complexity index is 631. The molecule has 0 heterocycles. The van der Waals surface area contributed by atoms with Gasteiger partial charge in [-0.15, -0.1) is 0 Å². The van der Waals surface area contributed by atoms with Crippen molar-refractivity contribution in [2.24, 2.45) is 0 Å². The summed E-state index contributed by atoms with van der Waals surface area (Å²) in [4.78, 5) is 0. The molecule has 0 bridgehead atoms. The summed E-state index contributed by atoms with van der Waals surface area (Å²) in [6.07, 6.45) is -0.403. The topological polar surface area (TPSA) is 38.7 Å². The Kier molecular flexibility index (Phi) is 5.20. The molecular formula is C16H16BrFO3. The maximum Gasteiger partial charge on any atom is 0.165 e. The van der Waals surface area contributed by atoms with Crippen molar-refractivity contribution in [1.82, 2.24) is 0 Å². The molecule has 0 aromatic heterocycles. The van der Waals surface area contributed by atoms with Crippen molar-refractivity contribution < 1.29 is 19.0 Å². The molecule has 0 saturated heterocycles. The van der Waals surface area contributed by atoms with Crippen LogP contribution in [0, 0.1) is 5.82 Å². The molecule has 0 radical (unpaired) electrons. The first-order valence-corrected chi connectivity index (χ1v) is 7.18. The van der Waals surface area contributed by atoms with Gasteiger partial charge in [-0.1, -0.05) is 12.1 Å². The lowest BCUT2D eigenvalue weighted by Gasteiger charge is -2.13. The molecule has 3 nitrogen and oxygen atoms in total. The van der Waals surface area contributed by atoms with Gasteiger partial charge in [0.2, 0.25) is 0 Å². The standard InChI is InChI=1S/C16H16BrFO3/c1-20-15-6-4-11(9-12(15)17)14(19)8-10-3-5-16(21-2)13(18)7-10/h3-7,9,14,19H,8H2,1-2H3.